The van der Waals surface area contributed by atoms with Gasteiger partial charge in [0.2, 0.25) is 5.91 Å². The van der Waals surface area contributed by atoms with Crippen molar-refractivity contribution in [1.82, 2.24) is 9.97 Å². The fourth-order valence-corrected chi connectivity index (χ4v) is 4.14. The van der Waals surface area contributed by atoms with Crippen LogP contribution in [0.3, 0.4) is 0 Å². The molecule has 1 spiro atoms. The molecule has 1 atom stereocenters. The first-order valence-corrected chi connectivity index (χ1v) is 9.13. The van der Waals surface area contributed by atoms with Crippen LogP contribution in [0.5, 0.6) is 0 Å². The Morgan fingerprint density at radius 3 is 2.96 bits per heavy atom. The van der Waals surface area contributed by atoms with Crippen molar-refractivity contribution in [2.75, 3.05) is 23.3 Å². The standard InChI is InChI=1S/C20H24N4O/c1-3-7-17-21-14(2)12-18(23-17)24-11-6-10-20(13-24)15-8-4-5-9-16(15)22-19(20)25/h4-5,8-9,12H,3,6-7,10-11,13H2,1-2H3,(H,22,25). The average molecular weight is 336 g/mol. The third-order valence-electron chi connectivity index (χ3n) is 5.30. The second-order valence-electron chi connectivity index (χ2n) is 7.14. The summed E-state index contributed by atoms with van der Waals surface area (Å²) in [6, 6.07) is 10.1. The van der Waals surface area contributed by atoms with Crippen molar-refractivity contribution in [3.8, 4) is 0 Å². The van der Waals surface area contributed by atoms with Crippen LogP contribution in [-0.4, -0.2) is 29.0 Å². The summed E-state index contributed by atoms with van der Waals surface area (Å²) in [5.74, 6) is 1.97. The number of para-hydroxylation sites is 1. The van der Waals surface area contributed by atoms with E-state index >= 15 is 0 Å². The number of carbonyl (C=O) groups is 1. The summed E-state index contributed by atoms with van der Waals surface area (Å²) in [7, 11) is 0. The first-order chi connectivity index (χ1) is 12.1. The Morgan fingerprint density at radius 1 is 1.28 bits per heavy atom. The van der Waals surface area contributed by atoms with Crippen molar-refractivity contribution >= 4 is 17.4 Å². The number of aromatic nitrogens is 2. The molecule has 1 N–H and O–H groups in total. The minimum atomic E-state index is -0.460. The normalized spacial score (nSPS) is 22.2. The number of piperidine rings is 1. The van der Waals surface area contributed by atoms with Gasteiger partial charge in [-0.3, -0.25) is 4.79 Å². The lowest BCUT2D eigenvalue weighted by Gasteiger charge is -2.39. The molecule has 2 aromatic rings. The lowest BCUT2D eigenvalue weighted by atomic mass is 9.75. The zero-order chi connectivity index (χ0) is 17.4. The Kier molecular flexibility index (Phi) is 3.94. The van der Waals surface area contributed by atoms with E-state index in [-0.39, 0.29) is 5.91 Å². The van der Waals surface area contributed by atoms with Gasteiger partial charge in [0.15, 0.2) is 0 Å². The van der Waals surface area contributed by atoms with Crippen LogP contribution >= 0.6 is 0 Å². The fraction of sp³-hybridized carbons (Fsp3) is 0.450. The highest BCUT2D eigenvalue weighted by Gasteiger charge is 2.49. The number of fused-ring (bicyclic) bond motifs is 2. The highest BCUT2D eigenvalue weighted by atomic mass is 16.2. The van der Waals surface area contributed by atoms with E-state index in [1.807, 2.05) is 31.2 Å². The van der Waals surface area contributed by atoms with Crippen molar-refractivity contribution in [3.63, 3.8) is 0 Å². The molecule has 1 saturated heterocycles. The molecule has 3 heterocycles. The number of rotatable bonds is 3. The average Bonchev–Trinajstić information content (AvgIpc) is 2.87. The first kappa shape index (κ1) is 16.1. The van der Waals surface area contributed by atoms with Gasteiger partial charge in [-0.05, 0) is 37.8 Å². The van der Waals surface area contributed by atoms with Crippen LogP contribution < -0.4 is 10.2 Å². The zero-order valence-electron chi connectivity index (χ0n) is 14.9. The highest BCUT2D eigenvalue weighted by Crippen LogP contribution is 2.44. The molecule has 0 bridgehead atoms. The van der Waals surface area contributed by atoms with Gasteiger partial charge in [-0.2, -0.15) is 0 Å². The van der Waals surface area contributed by atoms with Gasteiger partial charge in [-0.15, -0.1) is 0 Å². The number of benzene rings is 1. The van der Waals surface area contributed by atoms with Gasteiger partial charge >= 0.3 is 0 Å². The quantitative estimate of drug-likeness (QED) is 0.935. The molecule has 1 amide bonds. The van der Waals surface area contributed by atoms with Crippen molar-refractivity contribution in [2.45, 2.75) is 44.9 Å². The predicted molar refractivity (Wildman–Crippen MR) is 99.0 cm³/mol. The molecule has 130 valence electrons. The maximum absolute atomic E-state index is 12.9. The summed E-state index contributed by atoms with van der Waals surface area (Å²) < 4.78 is 0. The Bertz CT molecular complexity index is 819. The number of aryl methyl sites for hydroxylation is 2. The monoisotopic (exact) mass is 336 g/mol. The van der Waals surface area contributed by atoms with Crippen molar-refractivity contribution in [1.29, 1.82) is 0 Å². The van der Waals surface area contributed by atoms with Crippen molar-refractivity contribution < 1.29 is 4.79 Å². The molecule has 1 aromatic heterocycles. The van der Waals surface area contributed by atoms with Crippen molar-refractivity contribution in [3.05, 3.63) is 47.4 Å². The Hall–Kier alpha value is -2.43. The summed E-state index contributed by atoms with van der Waals surface area (Å²) in [5.41, 5.74) is 2.62. The van der Waals surface area contributed by atoms with Crippen LogP contribution in [0.1, 0.15) is 43.3 Å². The van der Waals surface area contributed by atoms with E-state index in [2.05, 4.69) is 28.2 Å². The number of anilines is 2. The van der Waals surface area contributed by atoms with Gasteiger partial charge in [0, 0.05) is 37.0 Å². The predicted octanol–water partition coefficient (Wildman–Crippen LogP) is 3.23. The van der Waals surface area contributed by atoms with Gasteiger partial charge in [-0.1, -0.05) is 25.1 Å². The molecule has 2 aliphatic rings. The van der Waals surface area contributed by atoms with Gasteiger partial charge < -0.3 is 10.2 Å². The number of carbonyl (C=O) groups excluding carboxylic acids is 1. The lowest BCUT2D eigenvalue weighted by molar-refractivity contribution is -0.121. The summed E-state index contributed by atoms with van der Waals surface area (Å²) in [6.07, 6.45) is 3.78. The number of hydrogen-bond acceptors (Lipinski definition) is 4. The van der Waals surface area contributed by atoms with E-state index in [0.717, 1.165) is 60.8 Å². The molecule has 1 aromatic carbocycles. The number of nitrogens with one attached hydrogen (secondary N) is 1. The Labute approximate surface area is 148 Å². The minimum Gasteiger partial charge on any atom is -0.355 e. The third kappa shape index (κ3) is 2.68. The Morgan fingerprint density at radius 2 is 2.12 bits per heavy atom. The molecule has 0 saturated carbocycles. The van der Waals surface area contributed by atoms with Crippen molar-refractivity contribution in [2.24, 2.45) is 0 Å². The second-order valence-corrected chi connectivity index (χ2v) is 7.14. The smallest absolute Gasteiger partial charge is 0.236 e. The van der Waals surface area contributed by atoms with E-state index < -0.39 is 5.41 Å². The maximum atomic E-state index is 12.9. The summed E-state index contributed by atoms with van der Waals surface area (Å²) in [4.78, 5) is 24.4. The third-order valence-corrected chi connectivity index (χ3v) is 5.30. The number of nitrogens with zero attached hydrogens (tertiary/aromatic N) is 3. The molecule has 4 rings (SSSR count). The number of amides is 1. The van der Waals surface area contributed by atoms with E-state index in [9.17, 15) is 4.79 Å². The summed E-state index contributed by atoms with van der Waals surface area (Å²) in [6.45, 7) is 5.76. The van der Waals surface area contributed by atoms with Crippen LogP contribution in [0.25, 0.3) is 0 Å². The molecular formula is C20H24N4O. The van der Waals surface area contributed by atoms with Gasteiger partial charge in [-0.25, -0.2) is 9.97 Å². The van der Waals surface area contributed by atoms with Gasteiger partial charge in [0.25, 0.3) is 0 Å². The summed E-state index contributed by atoms with van der Waals surface area (Å²) >= 11 is 0. The second kappa shape index (κ2) is 6.14. The van der Waals surface area contributed by atoms with E-state index in [1.165, 1.54) is 0 Å². The zero-order valence-corrected chi connectivity index (χ0v) is 14.9. The van der Waals surface area contributed by atoms with E-state index in [4.69, 9.17) is 4.98 Å². The van der Waals surface area contributed by atoms with E-state index in [0.29, 0.717) is 6.54 Å². The molecular weight excluding hydrogens is 312 g/mol. The molecule has 5 nitrogen and oxygen atoms in total. The number of hydrogen-bond donors (Lipinski definition) is 1. The fourth-order valence-electron chi connectivity index (χ4n) is 4.14. The molecule has 1 unspecified atom stereocenters. The van der Waals surface area contributed by atoms with Crippen LogP contribution in [0, 0.1) is 6.92 Å². The van der Waals surface area contributed by atoms with Crippen LogP contribution in [0.4, 0.5) is 11.5 Å². The molecule has 1 fully saturated rings. The molecule has 25 heavy (non-hydrogen) atoms. The van der Waals surface area contributed by atoms with Gasteiger partial charge in [0.05, 0.1) is 5.41 Å². The summed E-state index contributed by atoms with van der Waals surface area (Å²) in [5, 5.41) is 3.07. The molecule has 5 heteroatoms. The van der Waals surface area contributed by atoms with Gasteiger partial charge in [0.1, 0.15) is 11.6 Å². The molecule has 0 aliphatic carbocycles. The maximum Gasteiger partial charge on any atom is 0.236 e. The lowest BCUT2D eigenvalue weighted by Crippen LogP contribution is -2.50. The highest BCUT2D eigenvalue weighted by molar-refractivity contribution is 6.06. The SMILES string of the molecule is CCCc1nc(C)cc(N2CCCC3(C2)C(=O)Nc2ccccc23)n1. The largest absolute Gasteiger partial charge is 0.355 e. The van der Waals surface area contributed by atoms with Crippen LogP contribution in [0.15, 0.2) is 30.3 Å². The minimum absolute atomic E-state index is 0.123. The topological polar surface area (TPSA) is 58.1 Å². The molecule has 2 aliphatic heterocycles. The first-order valence-electron chi connectivity index (χ1n) is 9.13. The molecule has 0 radical (unpaired) electrons. The Balaban J connectivity index is 1.69. The van der Waals surface area contributed by atoms with E-state index in [1.54, 1.807) is 0 Å². The van der Waals surface area contributed by atoms with Crippen LogP contribution in [-0.2, 0) is 16.6 Å². The van der Waals surface area contributed by atoms with Crippen LogP contribution in [0.2, 0.25) is 0 Å².